The third-order valence-corrected chi connectivity index (χ3v) is 2.32. The third-order valence-electron chi connectivity index (χ3n) is 2.32. The minimum Gasteiger partial charge on any atom is -0.465 e. The molecule has 0 aromatic rings. The molecule has 1 amide bonds. The van der Waals surface area contributed by atoms with Gasteiger partial charge in [-0.05, 0) is 12.8 Å². The molecule has 0 bridgehead atoms. The molecule has 0 saturated heterocycles. The van der Waals surface area contributed by atoms with Gasteiger partial charge in [-0.2, -0.15) is 0 Å². The van der Waals surface area contributed by atoms with Crippen LogP contribution in [-0.2, 0) is 14.3 Å². The van der Waals surface area contributed by atoms with Crippen LogP contribution in [0, 0.1) is 5.92 Å². The summed E-state index contributed by atoms with van der Waals surface area (Å²) in [7, 11) is 1.63. The van der Waals surface area contributed by atoms with Crippen LogP contribution in [0.3, 0.4) is 0 Å². The highest BCUT2D eigenvalue weighted by molar-refractivity contribution is 5.81. The Labute approximate surface area is 91.6 Å². The summed E-state index contributed by atoms with van der Waals surface area (Å²) >= 11 is 0. The van der Waals surface area contributed by atoms with E-state index in [9.17, 15) is 9.59 Å². The number of amides is 1. The number of esters is 1. The number of nitrogens with zero attached hydrogens (tertiary/aromatic N) is 1. The number of rotatable bonds is 6. The summed E-state index contributed by atoms with van der Waals surface area (Å²) in [5.41, 5.74) is 0. The highest BCUT2D eigenvalue weighted by atomic mass is 16.5. The molecule has 4 nitrogen and oxygen atoms in total. The first-order chi connectivity index (χ1) is 7.01. The SMILES string of the molecule is CCOC(=O)CN(C)C(=O)CC(C)CC. The molecule has 1 unspecified atom stereocenters. The van der Waals surface area contributed by atoms with Gasteiger partial charge in [-0.3, -0.25) is 9.59 Å². The summed E-state index contributed by atoms with van der Waals surface area (Å²) in [5, 5.41) is 0. The predicted molar refractivity (Wildman–Crippen MR) is 58.3 cm³/mol. The Morgan fingerprint density at radius 2 is 1.93 bits per heavy atom. The molecule has 0 aromatic carbocycles. The van der Waals surface area contributed by atoms with Gasteiger partial charge in [-0.15, -0.1) is 0 Å². The van der Waals surface area contributed by atoms with E-state index in [2.05, 4.69) is 0 Å². The molecule has 1 atom stereocenters. The molecule has 0 heterocycles. The molecule has 0 aliphatic heterocycles. The van der Waals surface area contributed by atoms with Gasteiger partial charge < -0.3 is 9.64 Å². The molecule has 0 N–H and O–H groups in total. The highest BCUT2D eigenvalue weighted by Gasteiger charge is 2.15. The van der Waals surface area contributed by atoms with Crippen molar-refractivity contribution in [2.45, 2.75) is 33.6 Å². The fraction of sp³-hybridized carbons (Fsp3) is 0.818. The lowest BCUT2D eigenvalue weighted by Gasteiger charge is -2.17. The summed E-state index contributed by atoms with van der Waals surface area (Å²) in [6.07, 6.45) is 1.46. The Hall–Kier alpha value is -1.06. The molecule has 0 rings (SSSR count). The first kappa shape index (κ1) is 13.9. The van der Waals surface area contributed by atoms with Crippen LogP contribution in [0.1, 0.15) is 33.6 Å². The van der Waals surface area contributed by atoms with E-state index in [0.29, 0.717) is 18.9 Å². The van der Waals surface area contributed by atoms with Gasteiger partial charge in [0.25, 0.3) is 0 Å². The van der Waals surface area contributed by atoms with Crippen LogP contribution in [0.4, 0.5) is 0 Å². The standard InChI is InChI=1S/C11H21NO3/c1-5-9(3)7-10(13)12(4)8-11(14)15-6-2/h9H,5-8H2,1-4H3. The van der Waals surface area contributed by atoms with Crippen molar-refractivity contribution >= 4 is 11.9 Å². The van der Waals surface area contributed by atoms with Gasteiger partial charge in [0.15, 0.2) is 0 Å². The zero-order valence-electron chi connectivity index (χ0n) is 10.1. The second-order valence-corrected chi connectivity index (χ2v) is 3.77. The number of hydrogen-bond donors (Lipinski definition) is 0. The minimum atomic E-state index is -0.350. The fourth-order valence-corrected chi connectivity index (χ4v) is 1.09. The van der Waals surface area contributed by atoms with E-state index in [-0.39, 0.29) is 18.4 Å². The average molecular weight is 215 g/mol. The van der Waals surface area contributed by atoms with Crippen molar-refractivity contribution in [3.8, 4) is 0 Å². The van der Waals surface area contributed by atoms with Gasteiger partial charge in [0.05, 0.1) is 6.61 Å². The largest absolute Gasteiger partial charge is 0.465 e. The molecular weight excluding hydrogens is 194 g/mol. The smallest absolute Gasteiger partial charge is 0.325 e. The van der Waals surface area contributed by atoms with E-state index >= 15 is 0 Å². The highest BCUT2D eigenvalue weighted by Crippen LogP contribution is 2.08. The van der Waals surface area contributed by atoms with Crippen LogP contribution in [0.15, 0.2) is 0 Å². The minimum absolute atomic E-state index is 0.00240. The Morgan fingerprint density at radius 1 is 1.33 bits per heavy atom. The summed E-state index contributed by atoms with van der Waals surface area (Å²) in [6, 6.07) is 0. The van der Waals surface area contributed by atoms with E-state index in [1.165, 1.54) is 4.90 Å². The molecule has 0 fully saturated rings. The molecule has 0 aromatic heterocycles. The normalized spacial score (nSPS) is 12.0. The number of carbonyl (C=O) groups excluding carboxylic acids is 2. The molecule has 0 aliphatic rings. The maximum atomic E-state index is 11.6. The third kappa shape index (κ3) is 6.10. The van der Waals surface area contributed by atoms with Gasteiger partial charge in [0, 0.05) is 13.5 Å². The quantitative estimate of drug-likeness (QED) is 0.630. The maximum Gasteiger partial charge on any atom is 0.325 e. The predicted octanol–water partition coefficient (Wildman–Crippen LogP) is 1.44. The molecule has 0 aliphatic carbocycles. The summed E-state index contributed by atoms with van der Waals surface area (Å²) in [6.45, 7) is 6.22. The zero-order chi connectivity index (χ0) is 11.8. The number of carbonyl (C=O) groups is 2. The second-order valence-electron chi connectivity index (χ2n) is 3.77. The van der Waals surface area contributed by atoms with Crippen molar-refractivity contribution in [3.05, 3.63) is 0 Å². The fourth-order valence-electron chi connectivity index (χ4n) is 1.09. The van der Waals surface area contributed by atoms with Gasteiger partial charge in [-0.25, -0.2) is 0 Å². The number of hydrogen-bond acceptors (Lipinski definition) is 3. The topological polar surface area (TPSA) is 46.6 Å². The van der Waals surface area contributed by atoms with Crippen molar-refractivity contribution in [3.63, 3.8) is 0 Å². The lowest BCUT2D eigenvalue weighted by atomic mass is 10.0. The van der Waals surface area contributed by atoms with E-state index in [4.69, 9.17) is 4.74 Å². The van der Waals surface area contributed by atoms with Crippen LogP contribution in [0.2, 0.25) is 0 Å². The lowest BCUT2D eigenvalue weighted by molar-refractivity contribution is -0.148. The number of likely N-dealkylation sites (N-methyl/N-ethyl adjacent to an activating group) is 1. The van der Waals surface area contributed by atoms with Crippen LogP contribution in [-0.4, -0.2) is 37.0 Å². The lowest BCUT2D eigenvalue weighted by Crippen LogP contribution is -2.33. The monoisotopic (exact) mass is 215 g/mol. The van der Waals surface area contributed by atoms with Crippen molar-refractivity contribution in [2.75, 3.05) is 20.2 Å². The molecular formula is C11H21NO3. The van der Waals surface area contributed by atoms with Crippen molar-refractivity contribution in [2.24, 2.45) is 5.92 Å². The molecule has 0 radical (unpaired) electrons. The van der Waals surface area contributed by atoms with E-state index in [1.807, 2.05) is 13.8 Å². The number of ether oxygens (including phenoxy) is 1. The van der Waals surface area contributed by atoms with Crippen molar-refractivity contribution < 1.29 is 14.3 Å². The second kappa shape index (κ2) is 7.26. The Kier molecular flexibility index (Phi) is 6.75. The van der Waals surface area contributed by atoms with E-state index < -0.39 is 0 Å². The van der Waals surface area contributed by atoms with Gasteiger partial charge >= 0.3 is 5.97 Å². The van der Waals surface area contributed by atoms with Gasteiger partial charge in [-0.1, -0.05) is 20.3 Å². The molecule has 0 spiro atoms. The van der Waals surface area contributed by atoms with Crippen molar-refractivity contribution in [1.29, 1.82) is 0 Å². The van der Waals surface area contributed by atoms with E-state index in [1.54, 1.807) is 14.0 Å². The molecule has 88 valence electrons. The molecule has 15 heavy (non-hydrogen) atoms. The van der Waals surface area contributed by atoms with Crippen LogP contribution in [0.25, 0.3) is 0 Å². The van der Waals surface area contributed by atoms with Crippen LogP contribution < -0.4 is 0 Å². The summed E-state index contributed by atoms with van der Waals surface area (Å²) in [5.74, 6) is 0.0112. The summed E-state index contributed by atoms with van der Waals surface area (Å²) in [4.78, 5) is 24.1. The first-order valence-corrected chi connectivity index (χ1v) is 5.40. The molecule has 0 saturated carbocycles. The van der Waals surface area contributed by atoms with E-state index in [0.717, 1.165) is 6.42 Å². The van der Waals surface area contributed by atoms with Crippen LogP contribution in [0.5, 0.6) is 0 Å². The molecule has 4 heteroatoms. The Balaban J connectivity index is 3.93. The zero-order valence-corrected chi connectivity index (χ0v) is 10.1. The maximum absolute atomic E-state index is 11.6. The first-order valence-electron chi connectivity index (χ1n) is 5.40. The average Bonchev–Trinajstić information content (AvgIpc) is 2.17. The van der Waals surface area contributed by atoms with Crippen LogP contribution >= 0.6 is 0 Å². The van der Waals surface area contributed by atoms with Gasteiger partial charge in [0.2, 0.25) is 5.91 Å². The van der Waals surface area contributed by atoms with Gasteiger partial charge in [0.1, 0.15) is 6.54 Å². The summed E-state index contributed by atoms with van der Waals surface area (Å²) < 4.78 is 4.76. The van der Waals surface area contributed by atoms with Crippen molar-refractivity contribution in [1.82, 2.24) is 4.90 Å². The Morgan fingerprint density at radius 3 is 2.40 bits per heavy atom. The Bertz CT molecular complexity index is 216.